The molecule has 4 nitrogen and oxygen atoms in total. The number of benzene rings is 1. The number of aromatic carboxylic acids is 1. The van der Waals surface area contributed by atoms with Crippen LogP contribution in [0.4, 0.5) is 4.39 Å². The Bertz CT molecular complexity index is 578. The first-order chi connectivity index (χ1) is 8.61. The van der Waals surface area contributed by atoms with Crippen molar-refractivity contribution in [2.45, 2.75) is 19.9 Å². The number of nitrogens with zero attached hydrogens (tertiary/aromatic N) is 2. The number of carboxylic acids is 1. The van der Waals surface area contributed by atoms with Crippen LogP contribution >= 0.6 is 0 Å². The van der Waals surface area contributed by atoms with E-state index in [0.29, 0.717) is 5.56 Å². The van der Waals surface area contributed by atoms with E-state index in [2.05, 4.69) is 4.98 Å². The molecule has 0 saturated carbocycles. The van der Waals surface area contributed by atoms with E-state index in [1.165, 1.54) is 18.2 Å². The second kappa shape index (κ2) is 5.00. The first kappa shape index (κ1) is 12.3. The van der Waals surface area contributed by atoms with Crippen LogP contribution < -0.4 is 0 Å². The molecule has 0 radical (unpaired) electrons. The minimum atomic E-state index is -1.06. The van der Waals surface area contributed by atoms with Crippen molar-refractivity contribution in [1.29, 1.82) is 0 Å². The number of aromatic nitrogens is 2. The molecule has 18 heavy (non-hydrogen) atoms. The highest BCUT2D eigenvalue weighted by molar-refractivity contribution is 5.87. The van der Waals surface area contributed by atoms with Crippen LogP contribution in [0.15, 0.2) is 30.6 Å². The predicted molar refractivity (Wildman–Crippen MR) is 64.1 cm³/mol. The van der Waals surface area contributed by atoms with Crippen molar-refractivity contribution < 1.29 is 14.3 Å². The largest absolute Gasteiger partial charge is 0.478 e. The summed E-state index contributed by atoms with van der Waals surface area (Å²) in [6, 6.07) is 3.80. The van der Waals surface area contributed by atoms with Crippen LogP contribution in [-0.2, 0) is 13.0 Å². The Labute approximate surface area is 104 Å². The van der Waals surface area contributed by atoms with Gasteiger partial charge in [-0.05, 0) is 18.2 Å². The molecule has 5 heteroatoms. The lowest BCUT2D eigenvalue weighted by Crippen LogP contribution is -2.07. The van der Waals surface area contributed by atoms with Gasteiger partial charge in [-0.25, -0.2) is 14.2 Å². The van der Waals surface area contributed by atoms with Crippen LogP contribution in [-0.4, -0.2) is 20.6 Å². The molecule has 0 spiro atoms. The van der Waals surface area contributed by atoms with Crippen molar-refractivity contribution in [2.75, 3.05) is 0 Å². The Kier molecular flexibility index (Phi) is 3.41. The summed E-state index contributed by atoms with van der Waals surface area (Å²) < 4.78 is 15.4. The third kappa shape index (κ3) is 2.40. The Morgan fingerprint density at radius 2 is 2.28 bits per heavy atom. The monoisotopic (exact) mass is 248 g/mol. The molecule has 1 heterocycles. The summed E-state index contributed by atoms with van der Waals surface area (Å²) in [6.07, 6.45) is 4.15. The molecule has 0 aliphatic carbocycles. The van der Waals surface area contributed by atoms with Crippen LogP contribution in [0.5, 0.6) is 0 Å². The summed E-state index contributed by atoms with van der Waals surface area (Å²) in [4.78, 5) is 15.0. The molecule has 0 saturated heterocycles. The third-order valence-corrected chi connectivity index (χ3v) is 2.75. The summed E-state index contributed by atoms with van der Waals surface area (Å²) in [5.41, 5.74) is 0.437. The fourth-order valence-electron chi connectivity index (χ4n) is 1.81. The van der Waals surface area contributed by atoms with Gasteiger partial charge < -0.3 is 9.67 Å². The fraction of sp³-hybridized carbons (Fsp3) is 0.231. The predicted octanol–water partition coefficient (Wildman–Crippen LogP) is 2.33. The van der Waals surface area contributed by atoms with Crippen molar-refractivity contribution in [3.05, 3.63) is 53.4 Å². The van der Waals surface area contributed by atoms with Crippen LogP contribution in [0.3, 0.4) is 0 Å². The molecule has 1 N–H and O–H groups in total. The lowest BCUT2D eigenvalue weighted by atomic mass is 10.1. The number of hydrogen-bond donors (Lipinski definition) is 1. The fourth-order valence-corrected chi connectivity index (χ4v) is 1.81. The van der Waals surface area contributed by atoms with Crippen molar-refractivity contribution in [3.8, 4) is 0 Å². The smallest absolute Gasteiger partial charge is 0.335 e. The minimum absolute atomic E-state index is 0.0876. The molecule has 0 aliphatic rings. The summed E-state index contributed by atoms with van der Waals surface area (Å²) in [7, 11) is 0. The van der Waals surface area contributed by atoms with Gasteiger partial charge in [0, 0.05) is 24.4 Å². The van der Waals surface area contributed by atoms with Crippen molar-refractivity contribution in [3.63, 3.8) is 0 Å². The maximum atomic E-state index is 13.6. The van der Waals surface area contributed by atoms with E-state index in [1.807, 2.05) is 11.5 Å². The number of rotatable bonds is 4. The third-order valence-electron chi connectivity index (χ3n) is 2.75. The summed E-state index contributed by atoms with van der Waals surface area (Å²) in [5, 5.41) is 8.89. The molecule has 0 unspecified atom stereocenters. The summed E-state index contributed by atoms with van der Waals surface area (Å²) in [5.74, 6) is -0.622. The van der Waals surface area contributed by atoms with Crippen LogP contribution in [0.2, 0.25) is 0 Å². The van der Waals surface area contributed by atoms with Gasteiger partial charge in [-0.1, -0.05) is 6.92 Å². The lowest BCUT2D eigenvalue weighted by molar-refractivity contribution is 0.0696. The van der Waals surface area contributed by atoms with Crippen LogP contribution in [0.1, 0.15) is 28.7 Å². The van der Waals surface area contributed by atoms with Crippen molar-refractivity contribution >= 4 is 5.97 Å². The Hall–Kier alpha value is -2.17. The second-order valence-corrected chi connectivity index (χ2v) is 3.94. The highest BCUT2D eigenvalue weighted by Gasteiger charge is 2.10. The number of carboxylic acid groups (broad SMARTS) is 1. The molecule has 0 amide bonds. The van der Waals surface area contributed by atoms with Crippen molar-refractivity contribution in [2.24, 2.45) is 0 Å². The minimum Gasteiger partial charge on any atom is -0.478 e. The number of imidazole rings is 1. The standard InChI is InChI=1S/C13H13FN2O2/c1-2-12-15-5-6-16(12)8-10-7-9(13(17)18)3-4-11(10)14/h3-7H,2,8H2,1H3,(H,17,18). The average Bonchev–Trinajstić information content (AvgIpc) is 2.79. The van der Waals surface area contributed by atoms with Gasteiger partial charge in [-0.2, -0.15) is 0 Å². The Balaban J connectivity index is 2.33. The SMILES string of the molecule is CCc1nccn1Cc1cc(C(=O)O)ccc1F. The first-order valence-corrected chi connectivity index (χ1v) is 5.63. The highest BCUT2D eigenvalue weighted by Crippen LogP contribution is 2.13. The summed E-state index contributed by atoms with van der Waals surface area (Å²) in [6.45, 7) is 2.25. The maximum Gasteiger partial charge on any atom is 0.335 e. The first-order valence-electron chi connectivity index (χ1n) is 5.63. The molecule has 2 aromatic rings. The topological polar surface area (TPSA) is 55.1 Å². The number of aryl methyl sites for hydroxylation is 1. The second-order valence-electron chi connectivity index (χ2n) is 3.94. The zero-order chi connectivity index (χ0) is 13.1. The average molecular weight is 248 g/mol. The van der Waals surface area contributed by atoms with E-state index in [-0.39, 0.29) is 12.1 Å². The molecule has 1 aromatic heterocycles. The van der Waals surface area contributed by atoms with Crippen LogP contribution in [0, 0.1) is 5.82 Å². The molecular formula is C13H13FN2O2. The molecule has 0 aliphatic heterocycles. The van der Waals surface area contributed by atoms with E-state index in [9.17, 15) is 9.18 Å². The highest BCUT2D eigenvalue weighted by atomic mass is 19.1. The van der Waals surface area contributed by atoms with E-state index < -0.39 is 11.8 Å². The number of carbonyl (C=O) groups is 1. The normalized spacial score (nSPS) is 10.6. The zero-order valence-electron chi connectivity index (χ0n) is 9.93. The van der Waals surface area contributed by atoms with Gasteiger partial charge in [-0.3, -0.25) is 0 Å². The molecule has 2 rings (SSSR count). The Morgan fingerprint density at radius 3 is 2.94 bits per heavy atom. The molecular weight excluding hydrogens is 235 g/mol. The van der Waals surface area contributed by atoms with Gasteiger partial charge in [-0.15, -0.1) is 0 Å². The number of hydrogen-bond acceptors (Lipinski definition) is 2. The van der Waals surface area contributed by atoms with Gasteiger partial charge in [0.05, 0.1) is 12.1 Å². The number of halogens is 1. The van der Waals surface area contributed by atoms with E-state index >= 15 is 0 Å². The van der Waals surface area contributed by atoms with Crippen LogP contribution in [0.25, 0.3) is 0 Å². The van der Waals surface area contributed by atoms with E-state index in [0.717, 1.165) is 12.2 Å². The molecule has 0 fully saturated rings. The van der Waals surface area contributed by atoms with Crippen molar-refractivity contribution in [1.82, 2.24) is 9.55 Å². The van der Waals surface area contributed by atoms with Gasteiger partial charge in [0.15, 0.2) is 0 Å². The Morgan fingerprint density at radius 1 is 1.50 bits per heavy atom. The van der Waals surface area contributed by atoms with E-state index in [1.54, 1.807) is 12.4 Å². The molecule has 1 aromatic carbocycles. The molecule has 94 valence electrons. The quantitative estimate of drug-likeness (QED) is 0.903. The van der Waals surface area contributed by atoms with Gasteiger partial charge in [0.1, 0.15) is 11.6 Å². The molecule has 0 atom stereocenters. The van der Waals surface area contributed by atoms with Gasteiger partial charge in [0.2, 0.25) is 0 Å². The van der Waals surface area contributed by atoms with E-state index in [4.69, 9.17) is 5.11 Å². The van der Waals surface area contributed by atoms with Gasteiger partial charge >= 0.3 is 5.97 Å². The maximum absolute atomic E-state index is 13.6. The zero-order valence-corrected chi connectivity index (χ0v) is 9.93. The van der Waals surface area contributed by atoms with Gasteiger partial charge in [0.25, 0.3) is 0 Å². The lowest BCUT2D eigenvalue weighted by Gasteiger charge is -2.08. The molecule has 0 bridgehead atoms. The summed E-state index contributed by atoms with van der Waals surface area (Å²) >= 11 is 0.